The van der Waals surface area contributed by atoms with E-state index in [4.69, 9.17) is 5.11 Å². The fourth-order valence-corrected chi connectivity index (χ4v) is 3.82. The number of carbonyl (C=O) groups is 1. The number of benzene rings is 2. The Hall–Kier alpha value is -3.02. The minimum Gasteiger partial charge on any atom is -0.465 e. The minimum absolute atomic E-state index is 0.0242. The summed E-state index contributed by atoms with van der Waals surface area (Å²) in [5, 5.41) is 9.14. The van der Waals surface area contributed by atoms with Crippen LogP contribution in [0.15, 0.2) is 59.4 Å². The Morgan fingerprint density at radius 1 is 0.962 bits per heavy atom. The van der Waals surface area contributed by atoms with Crippen LogP contribution in [-0.4, -0.2) is 38.3 Å². The molecule has 0 aliphatic carbocycles. The second-order valence-corrected chi connectivity index (χ2v) is 6.71. The summed E-state index contributed by atoms with van der Waals surface area (Å²) in [6.07, 6.45) is 0.430. The first-order chi connectivity index (χ1) is 12.6. The number of amides is 1. The number of hydrogen-bond donors (Lipinski definition) is 1. The van der Waals surface area contributed by atoms with Gasteiger partial charge in [0.1, 0.15) is 0 Å². The number of rotatable bonds is 3. The van der Waals surface area contributed by atoms with Gasteiger partial charge in [0.05, 0.1) is 17.6 Å². The third-order valence-electron chi connectivity index (χ3n) is 5.15. The van der Waals surface area contributed by atoms with E-state index in [2.05, 4.69) is 0 Å². The van der Waals surface area contributed by atoms with Gasteiger partial charge in [-0.25, -0.2) is 9.59 Å². The Morgan fingerprint density at radius 2 is 1.58 bits per heavy atom. The van der Waals surface area contributed by atoms with Crippen molar-refractivity contribution in [2.24, 2.45) is 0 Å². The number of aromatic nitrogens is 2. The second kappa shape index (κ2) is 6.71. The maximum atomic E-state index is 13.2. The molecule has 0 spiro atoms. The molecule has 1 amide bonds. The van der Waals surface area contributed by atoms with Crippen LogP contribution in [0.25, 0.3) is 11.0 Å². The zero-order valence-corrected chi connectivity index (χ0v) is 14.4. The molecule has 1 aliphatic heterocycles. The van der Waals surface area contributed by atoms with Crippen LogP contribution in [0.5, 0.6) is 0 Å². The summed E-state index contributed by atoms with van der Waals surface area (Å²) >= 11 is 0. The van der Waals surface area contributed by atoms with E-state index in [0.29, 0.717) is 32.5 Å². The predicted octanol–water partition coefficient (Wildman–Crippen LogP) is 3.17. The van der Waals surface area contributed by atoms with Crippen molar-refractivity contribution in [1.82, 2.24) is 14.0 Å². The molecular formula is C20H21N3O3. The second-order valence-electron chi connectivity index (χ2n) is 6.71. The van der Waals surface area contributed by atoms with E-state index in [9.17, 15) is 9.59 Å². The molecule has 6 nitrogen and oxygen atoms in total. The number of piperidine rings is 1. The van der Waals surface area contributed by atoms with Gasteiger partial charge in [0.15, 0.2) is 0 Å². The van der Waals surface area contributed by atoms with Gasteiger partial charge in [-0.2, -0.15) is 0 Å². The van der Waals surface area contributed by atoms with Crippen molar-refractivity contribution in [2.75, 3.05) is 13.1 Å². The topological polar surface area (TPSA) is 67.5 Å². The van der Waals surface area contributed by atoms with Gasteiger partial charge >= 0.3 is 11.8 Å². The molecule has 134 valence electrons. The minimum atomic E-state index is -0.887. The molecule has 2 heterocycles. The lowest BCUT2D eigenvalue weighted by molar-refractivity contribution is 0.125. The van der Waals surface area contributed by atoms with Crippen LogP contribution in [0, 0.1) is 0 Å². The van der Waals surface area contributed by atoms with E-state index in [1.54, 1.807) is 0 Å². The van der Waals surface area contributed by atoms with Crippen LogP contribution in [-0.2, 0) is 6.54 Å². The molecule has 6 heteroatoms. The summed E-state index contributed by atoms with van der Waals surface area (Å²) in [4.78, 5) is 25.8. The average molecular weight is 351 g/mol. The quantitative estimate of drug-likeness (QED) is 0.788. The third kappa shape index (κ3) is 2.87. The highest BCUT2D eigenvalue weighted by atomic mass is 16.4. The molecule has 1 N–H and O–H groups in total. The van der Waals surface area contributed by atoms with Crippen LogP contribution >= 0.6 is 0 Å². The maximum Gasteiger partial charge on any atom is 0.407 e. The lowest BCUT2D eigenvalue weighted by Gasteiger charge is -2.30. The first kappa shape index (κ1) is 16.4. The van der Waals surface area contributed by atoms with Gasteiger partial charge in [0.2, 0.25) is 0 Å². The van der Waals surface area contributed by atoms with Crippen molar-refractivity contribution >= 4 is 17.1 Å². The maximum absolute atomic E-state index is 13.2. The molecule has 0 saturated carbocycles. The fourth-order valence-electron chi connectivity index (χ4n) is 3.82. The zero-order chi connectivity index (χ0) is 18.1. The molecule has 1 fully saturated rings. The van der Waals surface area contributed by atoms with Gasteiger partial charge in [-0.3, -0.25) is 9.13 Å². The Morgan fingerprint density at radius 3 is 2.23 bits per heavy atom. The molecule has 2 aromatic carbocycles. The fraction of sp³-hybridized carbons (Fsp3) is 0.300. The Bertz CT molecular complexity index is 982. The number of hydrogen-bond acceptors (Lipinski definition) is 2. The monoisotopic (exact) mass is 351 g/mol. The summed E-state index contributed by atoms with van der Waals surface area (Å²) in [5.74, 6) is 0. The standard InChI is InChI=1S/C20H21N3O3/c24-19-22(14-15-6-2-1-3-7-15)17-8-4-5-9-18(17)23(19)16-10-12-21(13-11-16)20(25)26/h1-9,16H,10-14H2,(H,25,26). The average Bonchev–Trinajstić information content (AvgIpc) is 2.95. The van der Waals surface area contributed by atoms with Crippen molar-refractivity contribution in [3.8, 4) is 0 Å². The first-order valence-corrected chi connectivity index (χ1v) is 8.86. The molecule has 1 aliphatic rings. The Labute approximate surface area is 150 Å². The first-order valence-electron chi connectivity index (χ1n) is 8.86. The van der Waals surface area contributed by atoms with E-state index >= 15 is 0 Å². The molecule has 0 atom stereocenters. The molecule has 0 unspecified atom stereocenters. The van der Waals surface area contributed by atoms with Crippen LogP contribution in [0.4, 0.5) is 4.79 Å². The summed E-state index contributed by atoms with van der Waals surface area (Å²) in [7, 11) is 0. The molecule has 3 aromatic rings. The smallest absolute Gasteiger partial charge is 0.407 e. The van der Waals surface area contributed by atoms with Crippen molar-refractivity contribution in [1.29, 1.82) is 0 Å². The van der Waals surface area contributed by atoms with E-state index in [1.165, 1.54) is 4.90 Å². The highest BCUT2D eigenvalue weighted by molar-refractivity contribution is 5.76. The number of para-hydroxylation sites is 2. The lowest BCUT2D eigenvalue weighted by atomic mass is 10.1. The normalized spacial score (nSPS) is 15.5. The summed E-state index contributed by atoms with van der Waals surface area (Å²) < 4.78 is 3.67. The number of fused-ring (bicyclic) bond motifs is 1. The molecule has 0 bridgehead atoms. The highest BCUT2D eigenvalue weighted by Gasteiger charge is 2.26. The summed E-state index contributed by atoms with van der Waals surface area (Å²) in [5.41, 5.74) is 2.89. The van der Waals surface area contributed by atoms with E-state index < -0.39 is 6.09 Å². The SMILES string of the molecule is O=C(O)N1CCC(n2c(=O)n(Cc3ccccc3)c3ccccc32)CC1. The van der Waals surface area contributed by atoms with Gasteiger partial charge in [-0.1, -0.05) is 42.5 Å². The van der Waals surface area contributed by atoms with Crippen molar-refractivity contribution in [3.63, 3.8) is 0 Å². The van der Waals surface area contributed by atoms with Gasteiger partial charge < -0.3 is 10.0 Å². The lowest BCUT2D eigenvalue weighted by Crippen LogP contribution is -2.40. The molecular weight excluding hydrogens is 330 g/mol. The number of imidazole rings is 1. The molecule has 1 aromatic heterocycles. The van der Waals surface area contributed by atoms with E-state index in [0.717, 1.165) is 16.6 Å². The number of nitrogens with zero attached hydrogens (tertiary/aromatic N) is 3. The van der Waals surface area contributed by atoms with Crippen LogP contribution in [0.1, 0.15) is 24.4 Å². The van der Waals surface area contributed by atoms with Crippen molar-refractivity contribution in [2.45, 2.75) is 25.4 Å². The van der Waals surface area contributed by atoms with Crippen molar-refractivity contribution in [3.05, 3.63) is 70.6 Å². The molecule has 0 radical (unpaired) electrons. The molecule has 4 rings (SSSR count). The van der Waals surface area contributed by atoms with Gasteiger partial charge in [0, 0.05) is 19.1 Å². The molecule has 1 saturated heterocycles. The van der Waals surface area contributed by atoms with Crippen LogP contribution < -0.4 is 5.69 Å². The molecule has 26 heavy (non-hydrogen) atoms. The Balaban J connectivity index is 1.73. The van der Waals surface area contributed by atoms with Crippen LogP contribution in [0.3, 0.4) is 0 Å². The van der Waals surface area contributed by atoms with Gasteiger partial charge in [-0.15, -0.1) is 0 Å². The van der Waals surface area contributed by atoms with Gasteiger partial charge in [0.25, 0.3) is 0 Å². The van der Waals surface area contributed by atoms with Gasteiger partial charge in [-0.05, 0) is 30.5 Å². The largest absolute Gasteiger partial charge is 0.465 e. The third-order valence-corrected chi connectivity index (χ3v) is 5.15. The van der Waals surface area contributed by atoms with Crippen LogP contribution in [0.2, 0.25) is 0 Å². The van der Waals surface area contributed by atoms with E-state index in [1.807, 2.05) is 63.7 Å². The predicted molar refractivity (Wildman–Crippen MR) is 99.6 cm³/mol. The number of carboxylic acid groups (broad SMARTS) is 1. The Kier molecular flexibility index (Phi) is 4.24. The van der Waals surface area contributed by atoms with E-state index in [-0.39, 0.29) is 11.7 Å². The summed E-state index contributed by atoms with van der Waals surface area (Å²) in [6, 6.07) is 17.8. The summed E-state index contributed by atoms with van der Waals surface area (Å²) in [6.45, 7) is 1.45. The zero-order valence-electron chi connectivity index (χ0n) is 14.4. The number of likely N-dealkylation sites (tertiary alicyclic amines) is 1. The van der Waals surface area contributed by atoms with Crippen molar-refractivity contribution < 1.29 is 9.90 Å². The highest BCUT2D eigenvalue weighted by Crippen LogP contribution is 2.26.